The minimum Gasteiger partial charge on any atom is -0.343 e. The third kappa shape index (κ3) is 5.63. The van der Waals surface area contributed by atoms with Gasteiger partial charge in [0.25, 0.3) is 15.9 Å². The van der Waals surface area contributed by atoms with Gasteiger partial charge in [0, 0.05) is 15.7 Å². The molecule has 0 aromatic heterocycles. The molecule has 138 valence electrons. The van der Waals surface area contributed by atoms with Crippen LogP contribution in [0, 0.1) is 0 Å². The molecule has 26 heavy (non-hydrogen) atoms. The number of benzene rings is 2. The Morgan fingerprint density at radius 1 is 1.04 bits per heavy atom. The molecule has 2 amide bonds. The fraction of sp³-hybridized carbons (Fsp3) is 0.125. The Morgan fingerprint density at radius 3 is 2.23 bits per heavy atom. The van der Waals surface area contributed by atoms with Gasteiger partial charge in [-0.15, -0.1) is 0 Å². The maximum Gasteiger partial charge on any atom is 0.262 e. The molecule has 0 spiro atoms. The number of rotatable bonds is 7. The van der Waals surface area contributed by atoms with Crippen LogP contribution in [-0.2, 0) is 19.7 Å². The van der Waals surface area contributed by atoms with Gasteiger partial charge < -0.3 is 10.6 Å². The third-order valence-corrected chi connectivity index (χ3v) is 4.96. The highest BCUT2D eigenvalue weighted by atomic mass is 79.9. The molecule has 0 unspecified atom stereocenters. The van der Waals surface area contributed by atoms with Gasteiger partial charge in [0.1, 0.15) is 0 Å². The summed E-state index contributed by atoms with van der Waals surface area (Å²) in [4.78, 5) is 30.1. The van der Waals surface area contributed by atoms with E-state index in [0.29, 0.717) is 5.69 Å². The van der Waals surface area contributed by atoms with Crippen LogP contribution in [0.5, 0.6) is 0 Å². The van der Waals surface area contributed by atoms with Crippen molar-refractivity contribution in [2.24, 2.45) is 0 Å². The number of carbonyl (C=O) groups excluding carboxylic acids is 2. The minimum atomic E-state index is -3.79. The molecule has 0 saturated heterocycles. The average molecular weight is 442 g/mol. The van der Waals surface area contributed by atoms with Crippen LogP contribution in [0.1, 0.15) is 10.4 Å². The SMILES string of the molecule is CONS(=O)(=O)c1ccc(C(=O)NCC(=O)Nc2ccc(Br)cc2)cc1. The molecule has 0 aliphatic carbocycles. The largest absolute Gasteiger partial charge is 0.343 e. The van der Waals surface area contributed by atoms with Gasteiger partial charge >= 0.3 is 0 Å². The summed E-state index contributed by atoms with van der Waals surface area (Å²) in [5.74, 6) is -0.885. The van der Waals surface area contributed by atoms with Crippen molar-refractivity contribution in [1.82, 2.24) is 10.2 Å². The van der Waals surface area contributed by atoms with Gasteiger partial charge in [0.05, 0.1) is 18.6 Å². The smallest absolute Gasteiger partial charge is 0.262 e. The van der Waals surface area contributed by atoms with Crippen LogP contribution in [0.15, 0.2) is 57.9 Å². The van der Waals surface area contributed by atoms with Gasteiger partial charge in [-0.3, -0.25) is 14.4 Å². The minimum absolute atomic E-state index is 0.0520. The Kier molecular flexibility index (Phi) is 6.86. The van der Waals surface area contributed by atoms with Crippen LogP contribution in [0.3, 0.4) is 0 Å². The molecule has 0 atom stereocenters. The quantitative estimate of drug-likeness (QED) is 0.565. The second-order valence-electron chi connectivity index (χ2n) is 5.05. The van der Waals surface area contributed by atoms with Crippen LogP contribution in [0.2, 0.25) is 0 Å². The zero-order valence-electron chi connectivity index (χ0n) is 13.7. The number of hydrogen-bond donors (Lipinski definition) is 3. The van der Waals surface area contributed by atoms with Crippen molar-refractivity contribution >= 4 is 43.5 Å². The number of anilines is 1. The number of sulfonamides is 1. The average Bonchev–Trinajstić information content (AvgIpc) is 2.62. The van der Waals surface area contributed by atoms with Crippen molar-refractivity contribution in [3.8, 4) is 0 Å². The molecular formula is C16H16BrN3O5S. The summed E-state index contributed by atoms with van der Waals surface area (Å²) in [7, 11) is -2.61. The van der Waals surface area contributed by atoms with E-state index in [0.717, 1.165) is 4.47 Å². The van der Waals surface area contributed by atoms with E-state index in [9.17, 15) is 18.0 Å². The van der Waals surface area contributed by atoms with Crippen LogP contribution >= 0.6 is 15.9 Å². The van der Waals surface area contributed by atoms with Crippen molar-refractivity contribution in [2.45, 2.75) is 4.90 Å². The molecule has 8 nitrogen and oxygen atoms in total. The standard InChI is InChI=1S/C16H16BrN3O5S/c1-25-20-26(23,24)14-8-2-11(3-9-14)16(22)18-10-15(21)19-13-6-4-12(17)5-7-13/h2-9,20H,10H2,1H3,(H,18,22)(H,19,21). The van der Waals surface area contributed by atoms with Crippen molar-refractivity contribution in [1.29, 1.82) is 0 Å². The molecule has 2 aromatic rings. The zero-order chi connectivity index (χ0) is 19.2. The lowest BCUT2D eigenvalue weighted by molar-refractivity contribution is -0.115. The molecule has 3 N–H and O–H groups in total. The lowest BCUT2D eigenvalue weighted by Crippen LogP contribution is -2.32. The van der Waals surface area contributed by atoms with Crippen LogP contribution < -0.4 is 15.5 Å². The Morgan fingerprint density at radius 2 is 1.65 bits per heavy atom. The zero-order valence-corrected chi connectivity index (χ0v) is 16.1. The van der Waals surface area contributed by atoms with E-state index in [-0.39, 0.29) is 22.9 Å². The van der Waals surface area contributed by atoms with Crippen LogP contribution in [-0.4, -0.2) is 33.9 Å². The molecule has 0 fully saturated rings. The van der Waals surface area contributed by atoms with Gasteiger partial charge in [-0.05, 0) is 48.5 Å². The molecule has 0 heterocycles. The van der Waals surface area contributed by atoms with Crippen LogP contribution in [0.4, 0.5) is 5.69 Å². The van der Waals surface area contributed by atoms with E-state index in [1.165, 1.54) is 31.4 Å². The summed E-state index contributed by atoms with van der Waals surface area (Å²) in [6, 6.07) is 12.2. The second kappa shape index (κ2) is 8.90. The van der Waals surface area contributed by atoms with Gasteiger partial charge in [-0.25, -0.2) is 8.42 Å². The van der Waals surface area contributed by atoms with Crippen molar-refractivity contribution in [3.05, 3.63) is 58.6 Å². The number of halogens is 1. The van der Waals surface area contributed by atoms with Gasteiger partial charge in [-0.1, -0.05) is 20.8 Å². The predicted molar refractivity (Wildman–Crippen MR) is 98.9 cm³/mol. The number of amides is 2. The lowest BCUT2D eigenvalue weighted by Gasteiger charge is -2.08. The van der Waals surface area contributed by atoms with Crippen LogP contribution in [0.25, 0.3) is 0 Å². The first kappa shape index (κ1) is 20.0. The normalized spacial score (nSPS) is 11.0. The molecule has 0 aliphatic rings. The lowest BCUT2D eigenvalue weighted by atomic mass is 10.2. The summed E-state index contributed by atoms with van der Waals surface area (Å²) in [5, 5.41) is 5.11. The first-order chi connectivity index (χ1) is 12.3. The maximum absolute atomic E-state index is 12.0. The molecule has 10 heteroatoms. The molecule has 0 saturated carbocycles. The topological polar surface area (TPSA) is 114 Å². The first-order valence-corrected chi connectivity index (χ1v) is 9.58. The van der Waals surface area contributed by atoms with Crippen molar-refractivity contribution < 1.29 is 22.8 Å². The Labute approximate surface area is 159 Å². The van der Waals surface area contributed by atoms with E-state index in [2.05, 4.69) is 31.4 Å². The molecule has 2 rings (SSSR count). The fourth-order valence-electron chi connectivity index (χ4n) is 1.94. The summed E-state index contributed by atoms with van der Waals surface area (Å²) in [6.45, 7) is -0.222. The Balaban J connectivity index is 1.91. The highest BCUT2D eigenvalue weighted by Crippen LogP contribution is 2.14. The summed E-state index contributed by atoms with van der Waals surface area (Å²) in [6.07, 6.45) is 0. The summed E-state index contributed by atoms with van der Waals surface area (Å²) >= 11 is 3.29. The van der Waals surface area contributed by atoms with Crippen molar-refractivity contribution in [3.63, 3.8) is 0 Å². The molecule has 0 radical (unpaired) electrons. The fourth-order valence-corrected chi connectivity index (χ4v) is 3.02. The second-order valence-corrected chi connectivity index (χ2v) is 7.61. The van der Waals surface area contributed by atoms with Crippen molar-refractivity contribution in [2.75, 3.05) is 19.0 Å². The summed E-state index contributed by atoms with van der Waals surface area (Å²) in [5.41, 5.74) is 0.825. The Hall–Kier alpha value is -2.27. The summed E-state index contributed by atoms with van der Waals surface area (Å²) < 4.78 is 24.3. The predicted octanol–water partition coefficient (Wildman–Crippen LogP) is 1.66. The maximum atomic E-state index is 12.0. The van der Waals surface area contributed by atoms with E-state index in [4.69, 9.17) is 0 Å². The third-order valence-electron chi connectivity index (χ3n) is 3.16. The number of nitrogens with one attached hydrogen (secondary N) is 3. The highest BCUT2D eigenvalue weighted by Gasteiger charge is 2.15. The molecular weight excluding hydrogens is 426 g/mol. The first-order valence-electron chi connectivity index (χ1n) is 7.30. The van der Waals surface area contributed by atoms with E-state index in [1.54, 1.807) is 24.3 Å². The number of carbonyl (C=O) groups is 2. The Bertz CT molecular complexity index is 883. The van der Waals surface area contributed by atoms with E-state index >= 15 is 0 Å². The molecule has 0 bridgehead atoms. The molecule has 0 aliphatic heterocycles. The van der Waals surface area contributed by atoms with Gasteiger partial charge in [0.15, 0.2) is 0 Å². The van der Waals surface area contributed by atoms with E-state index in [1.807, 2.05) is 4.89 Å². The van der Waals surface area contributed by atoms with E-state index < -0.39 is 15.9 Å². The van der Waals surface area contributed by atoms with Gasteiger partial charge in [-0.2, -0.15) is 0 Å². The number of hydrogen-bond acceptors (Lipinski definition) is 5. The molecule has 2 aromatic carbocycles. The monoisotopic (exact) mass is 441 g/mol. The van der Waals surface area contributed by atoms with Gasteiger partial charge in [0.2, 0.25) is 5.91 Å². The highest BCUT2D eigenvalue weighted by molar-refractivity contribution is 9.10.